The fourth-order valence-corrected chi connectivity index (χ4v) is 4.23. The zero-order valence-corrected chi connectivity index (χ0v) is 15.9. The lowest BCUT2D eigenvalue weighted by atomic mass is 9.97. The minimum Gasteiger partial charge on any atom is -0.490 e. The van der Waals surface area contributed by atoms with Crippen molar-refractivity contribution < 1.29 is 26.7 Å². The number of ether oxygens (including phenoxy) is 2. The van der Waals surface area contributed by atoms with Crippen molar-refractivity contribution in [3.05, 3.63) is 53.6 Å². The Hall–Kier alpha value is -2.19. The Labute approximate surface area is 157 Å². The van der Waals surface area contributed by atoms with E-state index in [1.54, 1.807) is 18.2 Å². The van der Waals surface area contributed by atoms with E-state index in [0.29, 0.717) is 36.3 Å². The Morgan fingerprint density at radius 3 is 2.33 bits per heavy atom. The molecular formula is C19H21F2NO4S. The van der Waals surface area contributed by atoms with Gasteiger partial charge >= 0.3 is 0 Å². The summed E-state index contributed by atoms with van der Waals surface area (Å²) in [6.45, 7) is 4.80. The first-order valence-corrected chi connectivity index (χ1v) is 10.1. The van der Waals surface area contributed by atoms with Crippen LogP contribution in [-0.2, 0) is 10.0 Å². The molecule has 3 rings (SSSR count). The molecule has 0 bridgehead atoms. The maximum absolute atomic E-state index is 13.5. The summed E-state index contributed by atoms with van der Waals surface area (Å²) < 4.78 is 65.8. The van der Waals surface area contributed by atoms with Crippen molar-refractivity contribution in [2.24, 2.45) is 5.92 Å². The Morgan fingerprint density at radius 1 is 0.963 bits per heavy atom. The minimum absolute atomic E-state index is 0.102. The molecule has 2 aromatic carbocycles. The lowest BCUT2D eigenvalue weighted by Crippen LogP contribution is -2.32. The molecule has 146 valence electrons. The molecule has 0 fully saturated rings. The van der Waals surface area contributed by atoms with Gasteiger partial charge in [-0.05, 0) is 41.8 Å². The maximum atomic E-state index is 13.5. The molecule has 8 heteroatoms. The SMILES string of the molecule is CC(C)[C@H](NS(=O)(=O)c1ccc(F)c(F)c1)c1ccc2c(c1)OCCCO2. The summed E-state index contributed by atoms with van der Waals surface area (Å²) in [6, 6.07) is 7.18. The third kappa shape index (κ3) is 4.39. The fourth-order valence-electron chi connectivity index (χ4n) is 2.84. The first-order chi connectivity index (χ1) is 12.8. The molecule has 27 heavy (non-hydrogen) atoms. The molecule has 0 aliphatic carbocycles. The molecule has 5 nitrogen and oxygen atoms in total. The molecule has 0 amide bonds. The number of halogens is 2. The molecule has 0 radical (unpaired) electrons. The van der Waals surface area contributed by atoms with Crippen LogP contribution in [0.4, 0.5) is 8.78 Å². The van der Waals surface area contributed by atoms with Gasteiger partial charge in [0.15, 0.2) is 23.1 Å². The second-order valence-electron chi connectivity index (χ2n) is 6.68. The van der Waals surface area contributed by atoms with Gasteiger partial charge in [-0.2, -0.15) is 0 Å². The Balaban J connectivity index is 1.92. The third-order valence-electron chi connectivity index (χ3n) is 4.28. The predicted molar refractivity (Wildman–Crippen MR) is 96.3 cm³/mol. The summed E-state index contributed by atoms with van der Waals surface area (Å²) in [6.07, 6.45) is 0.764. The van der Waals surface area contributed by atoms with E-state index in [1.165, 1.54) is 0 Å². The summed E-state index contributed by atoms with van der Waals surface area (Å²) in [4.78, 5) is -0.332. The van der Waals surface area contributed by atoms with Gasteiger partial charge < -0.3 is 9.47 Å². The van der Waals surface area contributed by atoms with Crippen molar-refractivity contribution in [1.29, 1.82) is 0 Å². The topological polar surface area (TPSA) is 64.6 Å². The molecule has 0 saturated heterocycles. The molecule has 1 N–H and O–H groups in total. The normalized spacial score (nSPS) is 15.4. The van der Waals surface area contributed by atoms with E-state index in [0.717, 1.165) is 18.6 Å². The average Bonchev–Trinajstić information content (AvgIpc) is 2.86. The van der Waals surface area contributed by atoms with Gasteiger partial charge in [-0.1, -0.05) is 19.9 Å². The number of hydrogen-bond donors (Lipinski definition) is 1. The largest absolute Gasteiger partial charge is 0.490 e. The highest BCUT2D eigenvalue weighted by Gasteiger charge is 2.26. The van der Waals surface area contributed by atoms with Gasteiger partial charge in [0.25, 0.3) is 0 Å². The van der Waals surface area contributed by atoms with E-state index in [-0.39, 0.29) is 10.8 Å². The molecule has 0 spiro atoms. The van der Waals surface area contributed by atoms with Crippen LogP contribution in [0.2, 0.25) is 0 Å². The monoisotopic (exact) mass is 397 g/mol. The van der Waals surface area contributed by atoms with Crippen molar-refractivity contribution in [1.82, 2.24) is 4.72 Å². The first kappa shape index (κ1) is 19.6. The van der Waals surface area contributed by atoms with Crippen molar-refractivity contribution in [3.8, 4) is 11.5 Å². The molecule has 0 unspecified atom stereocenters. The van der Waals surface area contributed by atoms with Gasteiger partial charge in [0.1, 0.15) is 0 Å². The second kappa shape index (κ2) is 7.82. The average molecular weight is 397 g/mol. The Morgan fingerprint density at radius 2 is 1.67 bits per heavy atom. The highest BCUT2D eigenvalue weighted by Crippen LogP contribution is 2.34. The van der Waals surface area contributed by atoms with Crippen LogP contribution in [0, 0.1) is 17.6 Å². The van der Waals surface area contributed by atoms with Crippen LogP contribution < -0.4 is 14.2 Å². The lowest BCUT2D eigenvalue weighted by molar-refractivity contribution is 0.297. The minimum atomic E-state index is -4.05. The highest BCUT2D eigenvalue weighted by molar-refractivity contribution is 7.89. The van der Waals surface area contributed by atoms with Gasteiger partial charge in [-0.25, -0.2) is 21.9 Å². The number of fused-ring (bicyclic) bond motifs is 1. The number of benzene rings is 2. The zero-order valence-electron chi connectivity index (χ0n) is 15.0. The molecule has 0 aromatic heterocycles. The number of hydrogen-bond acceptors (Lipinski definition) is 4. The van der Waals surface area contributed by atoms with E-state index >= 15 is 0 Å². The molecule has 1 atom stereocenters. The zero-order chi connectivity index (χ0) is 19.6. The molecule has 1 aliphatic rings. The highest BCUT2D eigenvalue weighted by atomic mass is 32.2. The molecule has 1 heterocycles. The summed E-state index contributed by atoms with van der Waals surface area (Å²) in [5, 5.41) is 0. The van der Waals surface area contributed by atoms with Crippen LogP contribution in [0.5, 0.6) is 11.5 Å². The summed E-state index contributed by atoms with van der Waals surface area (Å²) in [5.74, 6) is -1.24. The van der Waals surface area contributed by atoms with Crippen molar-refractivity contribution in [3.63, 3.8) is 0 Å². The van der Waals surface area contributed by atoms with E-state index in [2.05, 4.69) is 4.72 Å². The maximum Gasteiger partial charge on any atom is 0.241 e. The Bertz CT molecular complexity index is 931. The van der Waals surface area contributed by atoms with E-state index in [9.17, 15) is 17.2 Å². The van der Waals surface area contributed by atoms with E-state index < -0.39 is 27.7 Å². The smallest absolute Gasteiger partial charge is 0.241 e. The number of sulfonamides is 1. The molecule has 2 aromatic rings. The van der Waals surface area contributed by atoms with E-state index in [4.69, 9.17) is 9.47 Å². The van der Waals surface area contributed by atoms with Crippen LogP contribution in [0.3, 0.4) is 0 Å². The fraction of sp³-hybridized carbons (Fsp3) is 0.368. The summed E-state index contributed by atoms with van der Waals surface area (Å²) in [5.41, 5.74) is 0.695. The van der Waals surface area contributed by atoms with Crippen molar-refractivity contribution >= 4 is 10.0 Å². The number of rotatable bonds is 5. The van der Waals surface area contributed by atoms with Crippen LogP contribution in [0.1, 0.15) is 31.9 Å². The van der Waals surface area contributed by atoms with Crippen LogP contribution in [0.15, 0.2) is 41.3 Å². The van der Waals surface area contributed by atoms with E-state index in [1.807, 2.05) is 13.8 Å². The molecule has 1 aliphatic heterocycles. The van der Waals surface area contributed by atoms with Crippen LogP contribution >= 0.6 is 0 Å². The van der Waals surface area contributed by atoms with Gasteiger partial charge in [0.05, 0.1) is 18.1 Å². The van der Waals surface area contributed by atoms with Gasteiger partial charge in [-0.3, -0.25) is 0 Å². The standard InChI is InChI=1S/C19H21F2NO4S/c1-12(2)19(13-4-7-17-18(10-13)26-9-3-8-25-17)22-27(23,24)14-5-6-15(20)16(21)11-14/h4-7,10-12,19,22H,3,8-9H2,1-2H3/t19-/m0/s1. The second-order valence-corrected chi connectivity index (χ2v) is 8.39. The van der Waals surface area contributed by atoms with Gasteiger partial charge in [0.2, 0.25) is 10.0 Å². The summed E-state index contributed by atoms with van der Waals surface area (Å²) in [7, 11) is -4.05. The number of nitrogens with one attached hydrogen (secondary N) is 1. The van der Waals surface area contributed by atoms with Crippen molar-refractivity contribution in [2.75, 3.05) is 13.2 Å². The van der Waals surface area contributed by atoms with Crippen LogP contribution in [-0.4, -0.2) is 21.6 Å². The van der Waals surface area contributed by atoms with Crippen molar-refractivity contribution in [2.45, 2.75) is 31.2 Å². The predicted octanol–water partition coefficient (Wildman–Crippen LogP) is 3.80. The van der Waals surface area contributed by atoms with Crippen LogP contribution in [0.25, 0.3) is 0 Å². The van der Waals surface area contributed by atoms with Gasteiger partial charge in [0, 0.05) is 12.5 Å². The van der Waals surface area contributed by atoms with Gasteiger partial charge in [-0.15, -0.1) is 0 Å². The quantitative estimate of drug-likeness (QED) is 0.834. The molecular weight excluding hydrogens is 376 g/mol. The summed E-state index contributed by atoms with van der Waals surface area (Å²) >= 11 is 0. The first-order valence-electron chi connectivity index (χ1n) is 8.65. The lowest BCUT2D eigenvalue weighted by Gasteiger charge is -2.23. The third-order valence-corrected chi connectivity index (χ3v) is 5.72. The molecule has 0 saturated carbocycles. The Kier molecular flexibility index (Phi) is 5.67.